The van der Waals surface area contributed by atoms with Crippen molar-refractivity contribution in [3.63, 3.8) is 0 Å². The molecular formula is C11H13F2N3O3. The standard InChI is InChI=1S/C11H13F2N3O3/c12-7-4-8(13)9(3-6(7)11(15)18)16-10(17)5-19-2-1-14/h3-4H,1-2,5,14H2,(H2,15,18)(H,16,17). The van der Waals surface area contributed by atoms with Gasteiger partial charge in [0.1, 0.15) is 18.2 Å². The number of carbonyl (C=O) groups is 2. The molecule has 0 atom stereocenters. The molecule has 1 rings (SSSR count). The lowest BCUT2D eigenvalue weighted by Gasteiger charge is -2.08. The van der Waals surface area contributed by atoms with Crippen LogP contribution in [0.15, 0.2) is 12.1 Å². The Balaban J connectivity index is 2.80. The predicted octanol–water partition coefficient (Wildman–Crippen LogP) is -0.0225. The molecule has 1 aromatic carbocycles. The molecule has 104 valence electrons. The summed E-state index contributed by atoms with van der Waals surface area (Å²) in [4.78, 5) is 22.2. The average Bonchev–Trinajstić information content (AvgIpc) is 2.32. The SMILES string of the molecule is NCCOCC(=O)Nc1cc(C(N)=O)c(F)cc1F. The maximum Gasteiger partial charge on any atom is 0.251 e. The van der Waals surface area contributed by atoms with Crippen molar-refractivity contribution in [1.29, 1.82) is 0 Å². The highest BCUT2D eigenvalue weighted by Crippen LogP contribution is 2.19. The minimum absolute atomic E-state index is 0.172. The second-order valence-corrected chi connectivity index (χ2v) is 3.57. The number of benzene rings is 1. The van der Waals surface area contributed by atoms with E-state index in [4.69, 9.17) is 16.2 Å². The molecule has 6 nitrogen and oxygen atoms in total. The summed E-state index contributed by atoms with van der Waals surface area (Å²) in [6.45, 7) is 0.0792. The first-order valence-corrected chi connectivity index (χ1v) is 5.32. The molecule has 0 heterocycles. The van der Waals surface area contributed by atoms with Gasteiger partial charge in [0.25, 0.3) is 5.91 Å². The van der Waals surface area contributed by atoms with E-state index in [9.17, 15) is 18.4 Å². The lowest BCUT2D eigenvalue weighted by atomic mass is 10.1. The van der Waals surface area contributed by atoms with Gasteiger partial charge in [-0.3, -0.25) is 9.59 Å². The first-order valence-electron chi connectivity index (χ1n) is 5.32. The molecule has 0 saturated heterocycles. The Labute approximate surface area is 107 Å². The minimum Gasteiger partial charge on any atom is -0.370 e. The fraction of sp³-hybridized carbons (Fsp3) is 0.273. The molecule has 5 N–H and O–H groups in total. The average molecular weight is 273 g/mol. The third kappa shape index (κ3) is 4.27. The quantitative estimate of drug-likeness (QED) is 0.633. The van der Waals surface area contributed by atoms with E-state index in [-0.39, 0.29) is 25.4 Å². The molecule has 0 aliphatic carbocycles. The molecule has 19 heavy (non-hydrogen) atoms. The van der Waals surface area contributed by atoms with Crippen molar-refractivity contribution in [2.75, 3.05) is 25.1 Å². The van der Waals surface area contributed by atoms with E-state index in [0.717, 1.165) is 6.07 Å². The van der Waals surface area contributed by atoms with Crippen LogP contribution in [0.2, 0.25) is 0 Å². The second-order valence-electron chi connectivity index (χ2n) is 3.57. The number of ether oxygens (including phenoxy) is 1. The number of carbonyl (C=O) groups excluding carboxylic acids is 2. The number of primary amides is 1. The molecule has 0 radical (unpaired) electrons. The summed E-state index contributed by atoms with van der Waals surface area (Å²) >= 11 is 0. The van der Waals surface area contributed by atoms with E-state index < -0.39 is 29.0 Å². The number of hydrogen-bond donors (Lipinski definition) is 3. The maximum atomic E-state index is 13.4. The molecular weight excluding hydrogens is 260 g/mol. The number of nitrogens with one attached hydrogen (secondary N) is 1. The third-order valence-electron chi connectivity index (χ3n) is 2.09. The Morgan fingerprint density at radius 3 is 2.53 bits per heavy atom. The van der Waals surface area contributed by atoms with Crippen LogP contribution in [0.25, 0.3) is 0 Å². The van der Waals surface area contributed by atoms with E-state index in [1.54, 1.807) is 0 Å². The van der Waals surface area contributed by atoms with Crippen molar-refractivity contribution < 1.29 is 23.1 Å². The van der Waals surface area contributed by atoms with Crippen LogP contribution in [0.5, 0.6) is 0 Å². The van der Waals surface area contributed by atoms with Gasteiger partial charge in [-0.05, 0) is 6.07 Å². The van der Waals surface area contributed by atoms with E-state index >= 15 is 0 Å². The van der Waals surface area contributed by atoms with Gasteiger partial charge in [0.2, 0.25) is 5.91 Å². The van der Waals surface area contributed by atoms with Crippen LogP contribution < -0.4 is 16.8 Å². The molecule has 0 spiro atoms. The van der Waals surface area contributed by atoms with Crippen molar-refractivity contribution in [1.82, 2.24) is 0 Å². The zero-order valence-corrected chi connectivity index (χ0v) is 9.91. The molecule has 8 heteroatoms. The Hall–Kier alpha value is -2.06. The monoisotopic (exact) mass is 273 g/mol. The Morgan fingerprint density at radius 1 is 1.26 bits per heavy atom. The van der Waals surface area contributed by atoms with E-state index in [1.807, 2.05) is 0 Å². The maximum absolute atomic E-state index is 13.4. The largest absolute Gasteiger partial charge is 0.370 e. The van der Waals surface area contributed by atoms with Gasteiger partial charge in [-0.15, -0.1) is 0 Å². The number of halogens is 2. The fourth-order valence-electron chi connectivity index (χ4n) is 1.27. The van der Waals surface area contributed by atoms with Crippen LogP contribution in [-0.2, 0) is 9.53 Å². The van der Waals surface area contributed by atoms with Crippen molar-refractivity contribution in [3.05, 3.63) is 29.3 Å². The summed E-state index contributed by atoms with van der Waals surface area (Å²) in [7, 11) is 0. The lowest BCUT2D eigenvalue weighted by molar-refractivity contribution is -0.120. The van der Waals surface area contributed by atoms with E-state index in [0.29, 0.717) is 6.07 Å². The van der Waals surface area contributed by atoms with Gasteiger partial charge in [0, 0.05) is 12.6 Å². The smallest absolute Gasteiger partial charge is 0.251 e. The number of rotatable bonds is 6. The van der Waals surface area contributed by atoms with Gasteiger partial charge in [-0.1, -0.05) is 0 Å². The molecule has 0 aliphatic rings. The van der Waals surface area contributed by atoms with Crippen LogP contribution in [0, 0.1) is 11.6 Å². The Bertz CT molecular complexity index is 494. The predicted molar refractivity (Wildman–Crippen MR) is 63.4 cm³/mol. The summed E-state index contributed by atoms with van der Waals surface area (Å²) in [5.74, 6) is -3.83. The Morgan fingerprint density at radius 2 is 1.95 bits per heavy atom. The molecule has 0 fully saturated rings. The minimum atomic E-state index is -1.10. The molecule has 0 aromatic heterocycles. The van der Waals surface area contributed by atoms with Crippen LogP contribution >= 0.6 is 0 Å². The molecule has 0 saturated carbocycles. The van der Waals surface area contributed by atoms with Gasteiger partial charge in [-0.25, -0.2) is 8.78 Å². The van der Waals surface area contributed by atoms with Gasteiger partial charge in [0.15, 0.2) is 0 Å². The first kappa shape index (κ1) is 15.0. The normalized spacial score (nSPS) is 10.3. The van der Waals surface area contributed by atoms with Crippen LogP contribution in [0.3, 0.4) is 0 Å². The van der Waals surface area contributed by atoms with Crippen LogP contribution in [-0.4, -0.2) is 31.6 Å². The van der Waals surface area contributed by atoms with Crippen LogP contribution in [0.4, 0.5) is 14.5 Å². The van der Waals surface area contributed by atoms with Crippen molar-refractivity contribution in [2.24, 2.45) is 11.5 Å². The molecule has 0 unspecified atom stereocenters. The summed E-state index contributed by atoms with van der Waals surface area (Å²) in [5.41, 5.74) is 9.20. The number of anilines is 1. The third-order valence-corrected chi connectivity index (χ3v) is 2.09. The van der Waals surface area contributed by atoms with Crippen molar-refractivity contribution in [3.8, 4) is 0 Å². The van der Waals surface area contributed by atoms with Gasteiger partial charge >= 0.3 is 0 Å². The number of hydrogen-bond acceptors (Lipinski definition) is 4. The van der Waals surface area contributed by atoms with E-state index in [1.165, 1.54) is 0 Å². The highest BCUT2D eigenvalue weighted by atomic mass is 19.1. The van der Waals surface area contributed by atoms with E-state index in [2.05, 4.69) is 5.32 Å². The fourth-order valence-corrected chi connectivity index (χ4v) is 1.27. The molecule has 1 aromatic rings. The summed E-state index contributed by atoms with van der Waals surface area (Å²) in [5, 5.41) is 2.14. The molecule has 2 amide bonds. The van der Waals surface area contributed by atoms with Crippen LogP contribution in [0.1, 0.15) is 10.4 Å². The van der Waals surface area contributed by atoms with Crippen molar-refractivity contribution in [2.45, 2.75) is 0 Å². The first-order chi connectivity index (χ1) is 8.95. The summed E-state index contributed by atoms with van der Waals surface area (Å²) in [6.07, 6.45) is 0. The topological polar surface area (TPSA) is 107 Å². The highest BCUT2D eigenvalue weighted by Gasteiger charge is 2.15. The molecule has 0 aliphatic heterocycles. The van der Waals surface area contributed by atoms with Gasteiger partial charge < -0.3 is 21.5 Å². The zero-order chi connectivity index (χ0) is 14.4. The van der Waals surface area contributed by atoms with Crippen molar-refractivity contribution >= 4 is 17.5 Å². The van der Waals surface area contributed by atoms with Gasteiger partial charge in [-0.2, -0.15) is 0 Å². The molecule has 0 bridgehead atoms. The number of amides is 2. The lowest BCUT2D eigenvalue weighted by Crippen LogP contribution is -2.22. The second kappa shape index (κ2) is 6.76. The zero-order valence-electron chi connectivity index (χ0n) is 9.91. The Kier molecular flexibility index (Phi) is 5.34. The highest BCUT2D eigenvalue weighted by molar-refractivity contribution is 5.96. The number of nitrogens with two attached hydrogens (primary N) is 2. The summed E-state index contributed by atoms with van der Waals surface area (Å²) < 4.78 is 31.4. The van der Waals surface area contributed by atoms with Gasteiger partial charge in [0.05, 0.1) is 17.9 Å². The summed E-state index contributed by atoms with van der Waals surface area (Å²) in [6, 6.07) is 1.30.